The smallest absolute Gasteiger partial charge is 0.209 e. The van der Waals surface area contributed by atoms with Gasteiger partial charge in [-0.1, -0.05) is 0 Å². The highest BCUT2D eigenvalue weighted by Gasteiger charge is 1.85. The topological polar surface area (TPSA) is 18.5 Å². The van der Waals surface area contributed by atoms with E-state index < -0.39 is 0 Å². The summed E-state index contributed by atoms with van der Waals surface area (Å²) in [6, 6.07) is 0. The summed E-state index contributed by atoms with van der Waals surface area (Å²) in [6.07, 6.45) is 0. The minimum atomic E-state index is 0.593. The summed E-state index contributed by atoms with van der Waals surface area (Å²) < 4.78 is 9.65. The molecule has 0 spiro atoms. The third kappa shape index (κ3) is 8.62. The van der Waals surface area contributed by atoms with Gasteiger partial charge in [-0.2, -0.15) is 25.3 Å². The van der Waals surface area contributed by atoms with E-state index in [0.29, 0.717) is 24.7 Å². The molecule has 1 radical (unpaired) electrons. The zero-order valence-corrected chi connectivity index (χ0v) is 6.91. The molecule has 55 valence electrons. The third-order valence-corrected chi connectivity index (χ3v) is 0.920. The van der Waals surface area contributed by atoms with Gasteiger partial charge in [-0.15, -0.1) is 0 Å². The molecule has 4 heteroatoms. The number of hydrogen-bond donors (Lipinski definition) is 2. The molecular weight excluding hydrogens is 156 g/mol. The molecule has 0 N–H and O–H groups in total. The fourth-order valence-corrected chi connectivity index (χ4v) is 0.461. The molecule has 0 heterocycles. The number of hydrogen-bond acceptors (Lipinski definition) is 4. The highest BCUT2D eigenvalue weighted by atomic mass is 32.1. The minimum Gasteiger partial charge on any atom is -0.347 e. The average molecular weight is 167 g/mol. The third-order valence-electron chi connectivity index (χ3n) is 0.554. The van der Waals surface area contributed by atoms with E-state index in [4.69, 9.17) is 9.47 Å². The van der Waals surface area contributed by atoms with Crippen molar-refractivity contribution in [3.63, 3.8) is 0 Å². The first kappa shape index (κ1) is 9.62. The second-order valence-electron chi connectivity index (χ2n) is 1.29. The van der Waals surface area contributed by atoms with Crippen molar-refractivity contribution in [3.8, 4) is 0 Å². The van der Waals surface area contributed by atoms with Gasteiger partial charge in [0.2, 0.25) is 6.79 Å². The van der Waals surface area contributed by atoms with Gasteiger partial charge in [0.05, 0.1) is 13.2 Å². The van der Waals surface area contributed by atoms with Gasteiger partial charge in [0.25, 0.3) is 0 Å². The molecule has 0 atom stereocenters. The summed E-state index contributed by atoms with van der Waals surface area (Å²) in [5, 5.41) is 0. The summed E-state index contributed by atoms with van der Waals surface area (Å²) in [5.41, 5.74) is 0. The molecule has 0 unspecified atom stereocenters. The van der Waals surface area contributed by atoms with Crippen molar-refractivity contribution in [1.82, 2.24) is 0 Å². The second kappa shape index (κ2) is 8.62. The monoisotopic (exact) mass is 167 g/mol. The van der Waals surface area contributed by atoms with Crippen LogP contribution in [0.15, 0.2) is 0 Å². The van der Waals surface area contributed by atoms with Gasteiger partial charge in [-0.05, 0) is 0 Å². The highest BCUT2D eigenvalue weighted by molar-refractivity contribution is 7.80. The van der Waals surface area contributed by atoms with Crippen LogP contribution in [0, 0.1) is 6.79 Å². The van der Waals surface area contributed by atoms with E-state index in [1.807, 2.05) is 0 Å². The van der Waals surface area contributed by atoms with Crippen molar-refractivity contribution in [1.29, 1.82) is 0 Å². The maximum Gasteiger partial charge on any atom is 0.209 e. The van der Waals surface area contributed by atoms with E-state index in [1.54, 1.807) is 0 Å². The SMILES string of the molecule is SCCO[CH]OCCS. The first-order chi connectivity index (χ1) is 4.41. The maximum atomic E-state index is 4.83. The Morgan fingerprint density at radius 1 is 1.00 bits per heavy atom. The Morgan fingerprint density at radius 2 is 1.44 bits per heavy atom. The largest absolute Gasteiger partial charge is 0.347 e. The summed E-state index contributed by atoms with van der Waals surface area (Å²) in [6.45, 7) is 2.51. The first-order valence-corrected chi connectivity index (χ1v) is 3.95. The summed E-state index contributed by atoms with van der Waals surface area (Å²) in [4.78, 5) is 0. The van der Waals surface area contributed by atoms with Crippen LogP contribution >= 0.6 is 25.3 Å². The van der Waals surface area contributed by atoms with Crippen LogP contribution in [0.5, 0.6) is 0 Å². The van der Waals surface area contributed by atoms with Crippen molar-refractivity contribution < 1.29 is 9.47 Å². The zero-order chi connectivity index (χ0) is 6.95. The van der Waals surface area contributed by atoms with Gasteiger partial charge < -0.3 is 9.47 Å². The standard InChI is InChI=1S/C5H11O2S2/c8-3-1-6-5-7-2-4-9/h5,8-9H,1-4H2. The van der Waals surface area contributed by atoms with Crippen molar-refractivity contribution in [2.75, 3.05) is 24.7 Å². The fourth-order valence-electron chi connectivity index (χ4n) is 0.250. The van der Waals surface area contributed by atoms with Crippen LogP contribution in [0.2, 0.25) is 0 Å². The van der Waals surface area contributed by atoms with Crippen molar-refractivity contribution in [3.05, 3.63) is 6.79 Å². The van der Waals surface area contributed by atoms with E-state index >= 15 is 0 Å². The summed E-state index contributed by atoms with van der Waals surface area (Å²) in [7, 11) is 0. The van der Waals surface area contributed by atoms with E-state index in [0.717, 1.165) is 0 Å². The van der Waals surface area contributed by atoms with Crippen LogP contribution < -0.4 is 0 Å². The molecule has 0 amide bonds. The predicted molar refractivity (Wildman–Crippen MR) is 43.9 cm³/mol. The molecule has 2 nitrogen and oxygen atoms in total. The number of rotatable bonds is 6. The van der Waals surface area contributed by atoms with Crippen LogP contribution in [-0.4, -0.2) is 24.7 Å². The molecule has 9 heavy (non-hydrogen) atoms. The Bertz CT molecular complexity index is 46.2. The normalized spacial score (nSPS) is 10.0. The average Bonchev–Trinajstić information content (AvgIpc) is 1.89. The zero-order valence-electron chi connectivity index (χ0n) is 5.12. The predicted octanol–water partition coefficient (Wildman–Crippen LogP) is 0.998. The van der Waals surface area contributed by atoms with E-state index in [1.165, 1.54) is 6.79 Å². The molecule has 0 rings (SSSR count). The lowest BCUT2D eigenvalue weighted by Crippen LogP contribution is -1.98. The Kier molecular flexibility index (Phi) is 9.21. The first-order valence-electron chi connectivity index (χ1n) is 2.68. The van der Waals surface area contributed by atoms with Crippen LogP contribution in [0.3, 0.4) is 0 Å². The molecule has 0 fully saturated rings. The molecule has 0 aromatic rings. The molecule has 0 saturated heterocycles. The Labute approximate surface area is 66.7 Å². The van der Waals surface area contributed by atoms with E-state index in [-0.39, 0.29) is 0 Å². The van der Waals surface area contributed by atoms with E-state index in [9.17, 15) is 0 Å². The van der Waals surface area contributed by atoms with Gasteiger partial charge in [-0.3, -0.25) is 0 Å². The van der Waals surface area contributed by atoms with Crippen molar-refractivity contribution in [2.45, 2.75) is 0 Å². The molecule has 0 bridgehead atoms. The van der Waals surface area contributed by atoms with Crippen molar-refractivity contribution in [2.24, 2.45) is 0 Å². The van der Waals surface area contributed by atoms with Gasteiger partial charge in [0, 0.05) is 11.5 Å². The fraction of sp³-hybridized carbons (Fsp3) is 0.800. The molecule has 0 aromatic carbocycles. The van der Waals surface area contributed by atoms with Crippen LogP contribution in [0.4, 0.5) is 0 Å². The Morgan fingerprint density at radius 3 is 1.78 bits per heavy atom. The van der Waals surface area contributed by atoms with Gasteiger partial charge in [0.15, 0.2) is 0 Å². The van der Waals surface area contributed by atoms with Crippen LogP contribution in [-0.2, 0) is 9.47 Å². The molecule has 0 aromatic heterocycles. The van der Waals surface area contributed by atoms with Crippen LogP contribution in [0.25, 0.3) is 0 Å². The van der Waals surface area contributed by atoms with Gasteiger partial charge >= 0.3 is 0 Å². The molecule has 0 aliphatic carbocycles. The molecule has 0 aliphatic heterocycles. The van der Waals surface area contributed by atoms with Gasteiger partial charge in [-0.25, -0.2) is 0 Å². The highest BCUT2D eigenvalue weighted by Crippen LogP contribution is 1.86. The Balaban J connectivity index is 2.60. The maximum absolute atomic E-state index is 4.83. The summed E-state index contributed by atoms with van der Waals surface area (Å²) in [5.74, 6) is 1.42. The van der Waals surface area contributed by atoms with Crippen LogP contribution in [0.1, 0.15) is 0 Å². The molecule has 0 aliphatic rings. The number of ether oxygens (including phenoxy) is 2. The molecule has 0 saturated carbocycles. The lowest BCUT2D eigenvalue weighted by molar-refractivity contribution is 0.0341. The lowest BCUT2D eigenvalue weighted by atomic mass is 10.8. The van der Waals surface area contributed by atoms with E-state index in [2.05, 4.69) is 25.3 Å². The number of thiol groups is 2. The molecular formula is C5H11O2S2. The lowest BCUT2D eigenvalue weighted by Gasteiger charge is -1.99. The summed E-state index contributed by atoms with van der Waals surface area (Å²) >= 11 is 7.86. The Hall–Kier alpha value is 0.620. The quantitative estimate of drug-likeness (QED) is 0.454. The minimum absolute atomic E-state index is 0.593. The van der Waals surface area contributed by atoms with Crippen molar-refractivity contribution >= 4 is 25.3 Å². The second-order valence-corrected chi connectivity index (χ2v) is 2.18. The van der Waals surface area contributed by atoms with Gasteiger partial charge in [0.1, 0.15) is 0 Å².